The molecule has 2 N–H and O–H groups in total. The number of nitrogen functional groups attached to an aromatic ring is 1. The Hall–Kier alpha value is -2.16. The molecule has 0 saturated carbocycles. The highest BCUT2D eigenvalue weighted by atomic mass is 35.5. The van der Waals surface area contributed by atoms with Gasteiger partial charge in [0.15, 0.2) is 0 Å². The monoisotopic (exact) mass is 478 g/mol. The Kier molecular flexibility index (Phi) is 7.47. The van der Waals surface area contributed by atoms with Gasteiger partial charge in [0, 0.05) is 25.9 Å². The molecule has 3 heterocycles. The smallest absolute Gasteiger partial charge is 0.275 e. The first-order valence-electron chi connectivity index (χ1n) is 10.9. The molecule has 3 rings (SSSR count). The lowest BCUT2D eigenvalue weighted by molar-refractivity contribution is 0.0881. The van der Waals surface area contributed by atoms with E-state index in [4.69, 9.17) is 22.1 Å². The van der Waals surface area contributed by atoms with Crippen molar-refractivity contribution in [3.63, 3.8) is 0 Å². The first-order chi connectivity index (χ1) is 15.0. The normalized spacial score (nSPS) is 12.2. The largest absolute Gasteiger partial charge is 0.394 e. The summed E-state index contributed by atoms with van der Waals surface area (Å²) in [6, 6.07) is 5.98. The molecule has 0 aliphatic rings. The average Bonchev–Trinajstić information content (AvgIpc) is 3.04. The van der Waals surface area contributed by atoms with Crippen LogP contribution in [-0.4, -0.2) is 28.8 Å². The number of pyridine rings is 2. The highest BCUT2D eigenvalue weighted by molar-refractivity contribution is 6.76. The lowest BCUT2D eigenvalue weighted by Crippen LogP contribution is -2.25. The van der Waals surface area contributed by atoms with Crippen molar-refractivity contribution < 1.29 is 9.13 Å². The third kappa shape index (κ3) is 5.60. The molecule has 0 fully saturated rings. The summed E-state index contributed by atoms with van der Waals surface area (Å²) in [7, 11) is -1.25. The second kappa shape index (κ2) is 9.76. The summed E-state index contributed by atoms with van der Waals surface area (Å²) in [5.41, 5.74) is 8.30. The van der Waals surface area contributed by atoms with Gasteiger partial charge in [0.25, 0.3) is 5.56 Å². The molecule has 0 unspecified atom stereocenters. The molecule has 0 aliphatic carbocycles. The molecule has 0 atom stereocenters. The minimum absolute atomic E-state index is 0.119. The number of ether oxygens (including phenoxy) is 1. The van der Waals surface area contributed by atoms with E-state index in [2.05, 4.69) is 38.5 Å². The molecule has 3 aromatic rings. The summed E-state index contributed by atoms with van der Waals surface area (Å²) in [5, 5.41) is 0.280. The Labute approximate surface area is 194 Å². The van der Waals surface area contributed by atoms with Gasteiger partial charge in [-0.25, -0.2) is 4.39 Å². The zero-order chi connectivity index (χ0) is 23.6. The molecule has 9 heteroatoms. The predicted molar refractivity (Wildman–Crippen MR) is 132 cm³/mol. The van der Waals surface area contributed by atoms with Gasteiger partial charge in [-0.2, -0.15) is 0 Å². The SMILES string of the molecule is CC(C)Cc1c(F)cnc2cc(Cn3c(Cl)ccc(N)c3=O)n(COCC[Si](C)(C)C)c12. The fraction of sp³-hybridized carbons (Fsp3) is 0.478. The second-order valence-electron chi connectivity index (χ2n) is 9.83. The zero-order valence-electron chi connectivity index (χ0n) is 19.4. The summed E-state index contributed by atoms with van der Waals surface area (Å²) in [6.07, 6.45) is 1.84. The minimum atomic E-state index is -1.25. The van der Waals surface area contributed by atoms with E-state index in [1.54, 1.807) is 6.07 Å². The van der Waals surface area contributed by atoms with Crippen LogP contribution in [0.15, 0.2) is 29.2 Å². The van der Waals surface area contributed by atoms with E-state index in [-0.39, 0.29) is 41.4 Å². The van der Waals surface area contributed by atoms with Crippen LogP contribution in [0.2, 0.25) is 30.8 Å². The molecule has 0 saturated heterocycles. The molecule has 6 nitrogen and oxygen atoms in total. The highest BCUT2D eigenvalue weighted by Crippen LogP contribution is 2.27. The van der Waals surface area contributed by atoms with Crippen molar-refractivity contribution in [1.29, 1.82) is 0 Å². The summed E-state index contributed by atoms with van der Waals surface area (Å²) in [6.45, 7) is 12.0. The highest BCUT2D eigenvalue weighted by Gasteiger charge is 2.20. The second-order valence-corrected chi connectivity index (χ2v) is 15.8. The van der Waals surface area contributed by atoms with E-state index >= 15 is 0 Å². The van der Waals surface area contributed by atoms with Crippen LogP contribution in [0.1, 0.15) is 25.1 Å². The number of hydrogen-bond acceptors (Lipinski definition) is 4. The number of nitrogens with two attached hydrogens (primary N) is 1. The maximum absolute atomic E-state index is 14.8. The van der Waals surface area contributed by atoms with Crippen LogP contribution >= 0.6 is 11.6 Å². The Morgan fingerprint density at radius 3 is 2.62 bits per heavy atom. The number of fused-ring (bicyclic) bond motifs is 1. The molecule has 0 aromatic carbocycles. The predicted octanol–water partition coefficient (Wildman–Crippen LogP) is 5.13. The fourth-order valence-corrected chi connectivity index (χ4v) is 4.57. The lowest BCUT2D eigenvalue weighted by atomic mass is 10.0. The van der Waals surface area contributed by atoms with Gasteiger partial charge in [0.2, 0.25) is 0 Å². The third-order valence-electron chi connectivity index (χ3n) is 5.35. The molecule has 0 aliphatic heterocycles. The average molecular weight is 479 g/mol. The molecule has 174 valence electrons. The Morgan fingerprint density at radius 1 is 1.25 bits per heavy atom. The van der Waals surface area contributed by atoms with Gasteiger partial charge in [-0.15, -0.1) is 0 Å². The van der Waals surface area contributed by atoms with Gasteiger partial charge < -0.3 is 15.0 Å². The van der Waals surface area contributed by atoms with E-state index in [0.29, 0.717) is 29.6 Å². The number of nitrogens with zero attached hydrogens (tertiary/aromatic N) is 3. The summed E-state index contributed by atoms with van der Waals surface area (Å²) >= 11 is 6.30. The quantitative estimate of drug-likeness (QED) is 0.263. The Balaban J connectivity index is 2.09. The van der Waals surface area contributed by atoms with Crippen LogP contribution in [0.3, 0.4) is 0 Å². The summed E-state index contributed by atoms with van der Waals surface area (Å²) in [5.74, 6) is -0.0703. The van der Waals surface area contributed by atoms with Crippen LogP contribution in [0, 0.1) is 11.7 Å². The van der Waals surface area contributed by atoms with Crippen LogP contribution in [-0.2, 0) is 24.4 Å². The lowest BCUT2D eigenvalue weighted by Gasteiger charge is -2.18. The first kappa shape index (κ1) is 24.5. The zero-order valence-corrected chi connectivity index (χ0v) is 21.2. The topological polar surface area (TPSA) is 75.1 Å². The van der Waals surface area contributed by atoms with Crippen molar-refractivity contribution in [2.75, 3.05) is 12.3 Å². The molecule has 3 aromatic heterocycles. The van der Waals surface area contributed by atoms with Crippen molar-refractivity contribution in [1.82, 2.24) is 14.1 Å². The van der Waals surface area contributed by atoms with E-state index in [0.717, 1.165) is 11.7 Å². The number of aromatic nitrogens is 3. The molecule has 32 heavy (non-hydrogen) atoms. The van der Waals surface area contributed by atoms with Gasteiger partial charge in [-0.3, -0.25) is 14.3 Å². The summed E-state index contributed by atoms with van der Waals surface area (Å²) in [4.78, 5) is 16.9. The van der Waals surface area contributed by atoms with Crippen molar-refractivity contribution in [2.45, 2.75) is 59.2 Å². The molecule has 0 radical (unpaired) electrons. The van der Waals surface area contributed by atoms with E-state index < -0.39 is 8.07 Å². The molecular formula is C23H32ClFN4O2Si. The number of hydrogen-bond donors (Lipinski definition) is 1. The van der Waals surface area contributed by atoms with Crippen LogP contribution < -0.4 is 11.3 Å². The van der Waals surface area contributed by atoms with Gasteiger partial charge >= 0.3 is 0 Å². The van der Waals surface area contributed by atoms with Crippen LogP contribution in [0.5, 0.6) is 0 Å². The van der Waals surface area contributed by atoms with Crippen molar-refractivity contribution in [2.24, 2.45) is 5.92 Å². The van der Waals surface area contributed by atoms with Gasteiger partial charge in [-0.05, 0) is 36.6 Å². The third-order valence-corrected chi connectivity index (χ3v) is 7.39. The Bertz CT molecular complexity index is 1170. The van der Waals surface area contributed by atoms with Crippen LogP contribution in [0.4, 0.5) is 10.1 Å². The fourth-order valence-electron chi connectivity index (χ4n) is 3.62. The standard InChI is InChI=1S/C23H32ClFN4O2Si/c1-15(2)10-17-18(25)12-27-20-11-16(13-28-21(24)7-6-19(26)23(28)30)29(22(17)20)14-31-8-9-32(3,4)5/h6-7,11-12,15H,8-10,13-14,26H2,1-5H3. The maximum atomic E-state index is 14.8. The molecule has 0 amide bonds. The Morgan fingerprint density at radius 2 is 1.97 bits per heavy atom. The van der Waals surface area contributed by atoms with Gasteiger partial charge in [-0.1, -0.05) is 45.1 Å². The molecule has 0 spiro atoms. The number of halogens is 2. The summed E-state index contributed by atoms with van der Waals surface area (Å²) < 4.78 is 24.2. The van der Waals surface area contributed by atoms with Crippen LogP contribution in [0.25, 0.3) is 11.0 Å². The van der Waals surface area contributed by atoms with Crippen molar-refractivity contribution in [3.8, 4) is 0 Å². The minimum Gasteiger partial charge on any atom is -0.394 e. The van der Waals surface area contributed by atoms with Gasteiger partial charge in [0.1, 0.15) is 17.7 Å². The molecular weight excluding hydrogens is 447 g/mol. The van der Waals surface area contributed by atoms with E-state index in [1.165, 1.54) is 16.8 Å². The first-order valence-corrected chi connectivity index (χ1v) is 14.9. The van der Waals surface area contributed by atoms with E-state index in [1.807, 2.05) is 10.6 Å². The maximum Gasteiger partial charge on any atom is 0.275 e. The van der Waals surface area contributed by atoms with E-state index in [9.17, 15) is 9.18 Å². The number of rotatable bonds is 9. The number of anilines is 1. The van der Waals surface area contributed by atoms with Crippen molar-refractivity contribution in [3.05, 3.63) is 57.0 Å². The molecule has 0 bridgehead atoms. The van der Waals surface area contributed by atoms with Gasteiger partial charge in [0.05, 0.1) is 29.5 Å². The van der Waals surface area contributed by atoms with Crippen molar-refractivity contribution >= 4 is 36.4 Å².